The Morgan fingerprint density at radius 2 is 1.88 bits per heavy atom. The monoisotopic (exact) mass is 329 g/mol. The topological polar surface area (TPSA) is 32.7 Å². The maximum atomic E-state index is 13.5. The highest BCUT2D eigenvalue weighted by atomic mass is 19.1. The molecule has 0 aromatic heterocycles. The van der Waals surface area contributed by atoms with E-state index in [1.807, 2.05) is 6.07 Å². The molecule has 0 aliphatic carbocycles. The van der Waals surface area contributed by atoms with E-state index < -0.39 is 6.10 Å². The van der Waals surface area contributed by atoms with E-state index in [0.29, 0.717) is 18.2 Å². The second kappa shape index (κ2) is 8.38. The maximum Gasteiger partial charge on any atom is 0.128 e. The number of benzene rings is 2. The molecule has 1 fully saturated rings. The van der Waals surface area contributed by atoms with E-state index in [1.54, 1.807) is 18.2 Å². The van der Waals surface area contributed by atoms with Crippen molar-refractivity contribution in [3.05, 3.63) is 71.5 Å². The lowest BCUT2D eigenvalue weighted by Crippen LogP contribution is -2.34. The van der Waals surface area contributed by atoms with Gasteiger partial charge < -0.3 is 9.84 Å². The molecule has 128 valence electrons. The van der Waals surface area contributed by atoms with E-state index in [2.05, 4.69) is 29.2 Å². The highest BCUT2D eigenvalue weighted by Crippen LogP contribution is 2.31. The zero-order valence-electron chi connectivity index (χ0n) is 13.8. The normalized spacial score (nSPS) is 19.5. The number of likely N-dealkylation sites (tertiary alicyclic amines) is 1. The molecule has 4 heteroatoms. The van der Waals surface area contributed by atoms with Gasteiger partial charge in [-0.1, -0.05) is 48.5 Å². The molecule has 2 atom stereocenters. The lowest BCUT2D eigenvalue weighted by molar-refractivity contribution is 0.00698. The number of nitrogens with zero attached hydrogens (tertiary/aromatic N) is 1. The third-order valence-corrected chi connectivity index (χ3v) is 4.52. The van der Waals surface area contributed by atoms with Crippen molar-refractivity contribution in [2.45, 2.75) is 31.6 Å². The summed E-state index contributed by atoms with van der Waals surface area (Å²) in [5.74, 6) is -0.268. The molecule has 1 heterocycles. The van der Waals surface area contributed by atoms with E-state index in [1.165, 1.54) is 11.6 Å². The molecule has 1 N–H and O–H groups in total. The second-order valence-electron chi connectivity index (χ2n) is 6.32. The van der Waals surface area contributed by atoms with Crippen molar-refractivity contribution in [1.29, 1.82) is 0 Å². The Labute approximate surface area is 142 Å². The number of halogens is 1. The third-order valence-electron chi connectivity index (χ3n) is 4.52. The van der Waals surface area contributed by atoms with Gasteiger partial charge in [0.25, 0.3) is 0 Å². The van der Waals surface area contributed by atoms with Gasteiger partial charge >= 0.3 is 0 Å². The quantitative estimate of drug-likeness (QED) is 0.843. The van der Waals surface area contributed by atoms with Gasteiger partial charge in [0, 0.05) is 18.2 Å². The molecule has 1 aliphatic rings. The Kier molecular flexibility index (Phi) is 5.96. The van der Waals surface area contributed by atoms with Crippen molar-refractivity contribution in [3.63, 3.8) is 0 Å². The third kappa shape index (κ3) is 4.41. The first-order valence-electron chi connectivity index (χ1n) is 8.52. The molecule has 0 amide bonds. The first kappa shape index (κ1) is 17.1. The summed E-state index contributed by atoms with van der Waals surface area (Å²) < 4.78 is 19.0. The van der Waals surface area contributed by atoms with E-state index in [-0.39, 0.29) is 19.0 Å². The van der Waals surface area contributed by atoms with Gasteiger partial charge in [0.15, 0.2) is 0 Å². The predicted molar refractivity (Wildman–Crippen MR) is 92.1 cm³/mol. The molecule has 3 rings (SSSR count). The van der Waals surface area contributed by atoms with Crippen molar-refractivity contribution in [2.24, 2.45) is 0 Å². The minimum absolute atomic E-state index is 0.186. The van der Waals surface area contributed by atoms with Gasteiger partial charge in [-0.15, -0.1) is 0 Å². The van der Waals surface area contributed by atoms with E-state index in [0.717, 1.165) is 19.4 Å². The van der Waals surface area contributed by atoms with Crippen LogP contribution in [-0.2, 0) is 11.3 Å². The Hall–Kier alpha value is -1.75. The molecule has 0 spiro atoms. The molecular weight excluding hydrogens is 305 g/mol. The van der Waals surface area contributed by atoms with Crippen LogP contribution in [0, 0.1) is 5.82 Å². The Balaban J connectivity index is 1.48. The molecular formula is C20H24FNO2. The molecule has 1 aliphatic heterocycles. The summed E-state index contributed by atoms with van der Waals surface area (Å²) in [6.07, 6.45) is 1.69. The fraction of sp³-hybridized carbons (Fsp3) is 0.400. The van der Waals surface area contributed by atoms with Crippen LogP contribution in [0.2, 0.25) is 0 Å². The number of hydrogen-bond donors (Lipinski definition) is 1. The van der Waals surface area contributed by atoms with Crippen LogP contribution in [0.25, 0.3) is 0 Å². The Morgan fingerprint density at radius 3 is 2.67 bits per heavy atom. The number of hydrogen-bond acceptors (Lipinski definition) is 3. The fourth-order valence-corrected chi connectivity index (χ4v) is 3.34. The van der Waals surface area contributed by atoms with Crippen molar-refractivity contribution < 1.29 is 14.2 Å². The van der Waals surface area contributed by atoms with Crippen LogP contribution >= 0.6 is 0 Å². The van der Waals surface area contributed by atoms with E-state index in [4.69, 9.17) is 4.74 Å². The summed E-state index contributed by atoms with van der Waals surface area (Å²) in [6.45, 7) is 1.97. The maximum absolute atomic E-state index is 13.5. The molecule has 0 unspecified atom stereocenters. The van der Waals surface area contributed by atoms with Crippen LogP contribution in [0.3, 0.4) is 0 Å². The van der Waals surface area contributed by atoms with Crippen LogP contribution in [0.5, 0.6) is 0 Å². The first-order chi connectivity index (χ1) is 11.7. The van der Waals surface area contributed by atoms with E-state index >= 15 is 0 Å². The summed E-state index contributed by atoms with van der Waals surface area (Å²) in [7, 11) is 0. The minimum Gasteiger partial charge on any atom is -0.389 e. The lowest BCUT2D eigenvalue weighted by Gasteiger charge is -2.27. The summed E-state index contributed by atoms with van der Waals surface area (Å²) in [6, 6.07) is 17.4. The number of β-amino-alcohol motifs (C(OH)–C–C–N with tert-alkyl or cyclic N) is 1. The summed E-state index contributed by atoms with van der Waals surface area (Å²) in [4.78, 5) is 2.31. The van der Waals surface area contributed by atoms with Crippen LogP contribution in [0.1, 0.15) is 30.0 Å². The zero-order valence-corrected chi connectivity index (χ0v) is 13.8. The van der Waals surface area contributed by atoms with Crippen molar-refractivity contribution >= 4 is 0 Å². The standard InChI is InChI=1S/C20H24FNO2/c21-19-10-5-4-9-17(19)14-24-15-18(23)13-22-12-6-11-20(22)16-7-2-1-3-8-16/h1-5,7-10,18,20,23H,6,11-15H2/t18-,20+/m1/s1. The van der Waals surface area contributed by atoms with Crippen LogP contribution in [0.4, 0.5) is 4.39 Å². The number of ether oxygens (including phenoxy) is 1. The van der Waals surface area contributed by atoms with Gasteiger partial charge in [-0.2, -0.15) is 0 Å². The lowest BCUT2D eigenvalue weighted by atomic mass is 10.0. The molecule has 0 radical (unpaired) electrons. The van der Waals surface area contributed by atoms with Crippen molar-refractivity contribution in [1.82, 2.24) is 4.90 Å². The number of rotatable bonds is 7. The van der Waals surface area contributed by atoms with Crippen LogP contribution in [0.15, 0.2) is 54.6 Å². The number of aliphatic hydroxyl groups excluding tert-OH is 1. The van der Waals surface area contributed by atoms with Gasteiger partial charge in [-0.3, -0.25) is 4.90 Å². The van der Waals surface area contributed by atoms with Crippen molar-refractivity contribution in [3.8, 4) is 0 Å². The number of aliphatic hydroxyl groups is 1. The summed E-state index contributed by atoms with van der Waals surface area (Å²) in [5, 5.41) is 10.3. The van der Waals surface area contributed by atoms with Gasteiger partial charge in [0.05, 0.1) is 19.3 Å². The molecule has 3 nitrogen and oxygen atoms in total. The highest BCUT2D eigenvalue weighted by Gasteiger charge is 2.27. The summed E-state index contributed by atoms with van der Waals surface area (Å²) in [5.41, 5.74) is 1.82. The second-order valence-corrected chi connectivity index (χ2v) is 6.32. The van der Waals surface area contributed by atoms with Crippen LogP contribution < -0.4 is 0 Å². The molecule has 24 heavy (non-hydrogen) atoms. The molecule has 0 saturated carbocycles. The van der Waals surface area contributed by atoms with Gasteiger partial charge in [0.2, 0.25) is 0 Å². The van der Waals surface area contributed by atoms with Gasteiger partial charge in [-0.05, 0) is 31.0 Å². The average Bonchev–Trinajstić information content (AvgIpc) is 3.05. The first-order valence-corrected chi connectivity index (χ1v) is 8.52. The van der Waals surface area contributed by atoms with Crippen molar-refractivity contribution in [2.75, 3.05) is 19.7 Å². The molecule has 0 bridgehead atoms. The summed E-state index contributed by atoms with van der Waals surface area (Å²) >= 11 is 0. The Morgan fingerprint density at radius 1 is 1.12 bits per heavy atom. The minimum atomic E-state index is -0.568. The molecule has 1 saturated heterocycles. The van der Waals surface area contributed by atoms with Gasteiger partial charge in [-0.25, -0.2) is 4.39 Å². The smallest absolute Gasteiger partial charge is 0.128 e. The van der Waals surface area contributed by atoms with Gasteiger partial charge in [0.1, 0.15) is 5.82 Å². The SMILES string of the molecule is O[C@@H](COCc1ccccc1F)CN1CCC[C@H]1c1ccccc1. The van der Waals surface area contributed by atoms with E-state index in [9.17, 15) is 9.50 Å². The Bertz CT molecular complexity index is 635. The molecule has 2 aromatic carbocycles. The highest BCUT2D eigenvalue weighted by molar-refractivity contribution is 5.20. The average molecular weight is 329 g/mol. The zero-order chi connectivity index (χ0) is 16.8. The largest absolute Gasteiger partial charge is 0.389 e. The molecule has 2 aromatic rings. The predicted octanol–water partition coefficient (Wildman–Crippen LogP) is 3.54. The van der Waals surface area contributed by atoms with Crippen LogP contribution in [-0.4, -0.2) is 35.8 Å². The fourth-order valence-electron chi connectivity index (χ4n) is 3.34.